The normalized spacial score (nSPS) is 21.4. The van der Waals surface area contributed by atoms with Crippen molar-refractivity contribution in [2.45, 2.75) is 205 Å². The molecule has 13 heteroatoms. The van der Waals surface area contributed by atoms with Gasteiger partial charge in [-0.3, -0.25) is 14.1 Å². The Morgan fingerprint density at radius 2 is 1.10 bits per heavy atom. The van der Waals surface area contributed by atoms with Crippen molar-refractivity contribution in [2.75, 3.05) is 19.0 Å². The average Bonchev–Trinajstić information content (AvgIpc) is 3.10. The molecule has 0 aromatic carbocycles. The summed E-state index contributed by atoms with van der Waals surface area (Å²) >= 11 is 0. The largest absolute Gasteiger partial charge is 0.462 e. The van der Waals surface area contributed by atoms with Crippen LogP contribution in [0.5, 0.6) is 0 Å². The van der Waals surface area contributed by atoms with Crippen molar-refractivity contribution in [2.24, 2.45) is 0 Å². The Balaban J connectivity index is 2.42. The first kappa shape index (κ1) is 48.4. The maximum atomic E-state index is 12.6. The molecule has 0 aromatic rings. The van der Waals surface area contributed by atoms with E-state index < -0.39 is 71.2 Å². The summed E-state index contributed by atoms with van der Waals surface area (Å²) in [4.78, 5) is 25.1. The van der Waals surface area contributed by atoms with Crippen LogP contribution >= 0.6 is 0 Å². The number of allylic oxidation sites excluding steroid dienone is 2. The van der Waals surface area contributed by atoms with Crippen molar-refractivity contribution in [1.29, 1.82) is 0 Å². The third kappa shape index (κ3) is 25.4. The Labute approximate surface area is 314 Å². The van der Waals surface area contributed by atoms with E-state index in [0.29, 0.717) is 12.8 Å². The molecule has 52 heavy (non-hydrogen) atoms. The van der Waals surface area contributed by atoms with Crippen molar-refractivity contribution in [3.05, 3.63) is 12.2 Å². The minimum absolute atomic E-state index is 0.165. The molecule has 1 saturated heterocycles. The zero-order valence-corrected chi connectivity index (χ0v) is 33.0. The SMILES string of the molecule is CCCCCCCC/C=C/CCCCCCCCCC(=O)OC[C@H](CO[C@H]1O[C@H](CS(=O)(=O)O)[C@@H](O)C(O)C1O)OC(=O)CCCCCCCCC. The molecule has 0 aliphatic carbocycles. The van der Waals surface area contributed by atoms with Crippen LogP contribution in [0.2, 0.25) is 0 Å². The third-order valence-corrected chi connectivity index (χ3v) is 10.1. The Morgan fingerprint density at radius 3 is 1.60 bits per heavy atom. The second kappa shape index (κ2) is 30.7. The van der Waals surface area contributed by atoms with Crippen LogP contribution in [0.15, 0.2) is 12.2 Å². The molecular formula is C39H72O12S. The van der Waals surface area contributed by atoms with E-state index in [-0.39, 0.29) is 19.4 Å². The number of carbonyl (C=O) groups is 2. The van der Waals surface area contributed by atoms with Gasteiger partial charge in [0.15, 0.2) is 12.4 Å². The summed E-state index contributed by atoms with van der Waals surface area (Å²) in [6, 6.07) is 0. The van der Waals surface area contributed by atoms with E-state index in [9.17, 15) is 37.9 Å². The Hall–Kier alpha value is -1.61. The number of esters is 2. The predicted octanol–water partition coefficient (Wildman–Crippen LogP) is 7.11. The Kier molecular flexibility index (Phi) is 28.6. The number of hydrogen-bond acceptors (Lipinski definition) is 11. The van der Waals surface area contributed by atoms with Gasteiger partial charge in [0.2, 0.25) is 0 Å². The van der Waals surface area contributed by atoms with Crippen LogP contribution in [0.4, 0.5) is 0 Å². The predicted molar refractivity (Wildman–Crippen MR) is 201 cm³/mol. The van der Waals surface area contributed by atoms with Crippen molar-refractivity contribution >= 4 is 22.1 Å². The van der Waals surface area contributed by atoms with Gasteiger partial charge in [-0.05, 0) is 38.5 Å². The van der Waals surface area contributed by atoms with Gasteiger partial charge in [-0.25, -0.2) is 0 Å². The summed E-state index contributed by atoms with van der Waals surface area (Å²) in [7, 11) is -4.59. The van der Waals surface area contributed by atoms with Gasteiger partial charge in [0, 0.05) is 12.8 Å². The molecule has 12 nitrogen and oxygen atoms in total. The topological polar surface area (TPSA) is 186 Å². The van der Waals surface area contributed by atoms with Gasteiger partial charge >= 0.3 is 11.9 Å². The fourth-order valence-electron chi connectivity index (χ4n) is 6.14. The lowest BCUT2D eigenvalue weighted by atomic mass is 10.00. The molecule has 0 saturated carbocycles. The van der Waals surface area contributed by atoms with Crippen molar-refractivity contribution in [3.8, 4) is 0 Å². The first-order valence-electron chi connectivity index (χ1n) is 20.2. The molecule has 1 aliphatic heterocycles. The number of aliphatic hydroxyl groups excluding tert-OH is 3. The maximum Gasteiger partial charge on any atom is 0.306 e. The molecule has 0 aromatic heterocycles. The van der Waals surface area contributed by atoms with Crippen LogP contribution < -0.4 is 0 Å². The van der Waals surface area contributed by atoms with E-state index in [2.05, 4.69) is 26.0 Å². The van der Waals surface area contributed by atoms with Crippen LogP contribution in [-0.2, 0) is 38.7 Å². The van der Waals surface area contributed by atoms with Crippen molar-refractivity contribution in [1.82, 2.24) is 0 Å². The molecule has 2 unspecified atom stereocenters. The second-order valence-electron chi connectivity index (χ2n) is 14.3. The highest BCUT2D eigenvalue weighted by molar-refractivity contribution is 7.85. The highest BCUT2D eigenvalue weighted by Gasteiger charge is 2.46. The minimum atomic E-state index is -4.59. The zero-order valence-electron chi connectivity index (χ0n) is 32.2. The molecule has 1 fully saturated rings. The van der Waals surface area contributed by atoms with Crippen LogP contribution in [-0.4, -0.2) is 96.0 Å². The third-order valence-electron chi connectivity index (χ3n) is 9.35. The highest BCUT2D eigenvalue weighted by atomic mass is 32.2. The molecule has 0 amide bonds. The summed E-state index contributed by atoms with van der Waals surface area (Å²) in [6.45, 7) is 3.68. The molecule has 1 heterocycles. The molecule has 1 aliphatic rings. The van der Waals surface area contributed by atoms with E-state index in [1.807, 2.05) is 0 Å². The lowest BCUT2D eigenvalue weighted by Gasteiger charge is -2.40. The first-order chi connectivity index (χ1) is 25.0. The molecule has 0 bridgehead atoms. The van der Waals surface area contributed by atoms with Crippen LogP contribution in [0.1, 0.15) is 168 Å². The fraction of sp³-hybridized carbons (Fsp3) is 0.897. The highest BCUT2D eigenvalue weighted by Crippen LogP contribution is 2.24. The second-order valence-corrected chi connectivity index (χ2v) is 15.8. The average molecular weight is 765 g/mol. The Morgan fingerprint density at radius 1 is 0.635 bits per heavy atom. The van der Waals surface area contributed by atoms with Gasteiger partial charge in [-0.1, -0.05) is 129 Å². The summed E-state index contributed by atoms with van der Waals surface area (Å²) in [5.74, 6) is -1.99. The van der Waals surface area contributed by atoms with Gasteiger partial charge in [0.1, 0.15) is 36.8 Å². The molecular weight excluding hydrogens is 692 g/mol. The number of aliphatic hydroxyl groups is 3. The van der Waals surface area contributed by atoms with Crippen molar-refractivity contribution in [3.63, 3.8) is 0 Å². The molecule has 0 radical (unpaired) electrons. The van der Waals surface area contributed by atoms with E-state index in [0.717, 1.165) is 57.8 Å². The Bertz CT molecular complexity index is 1040. The summed E-state index contributed by atoms with van der Waals surface area (Å²) < 4.78 is 53.7. The molecule has 1 rings (SSSR count). The summed E-state index contributed by atoms with van der Waals surface area (Å²) in [6.07, 6.45) is 20.1. The number of rotatable bonds is 33. The molecule has 6 atom stereocenters. The monoisotopic (exact) mass is 764 g/mol. The van der Waals surface area contributed by atoms with Gasteiger partial charge < -0.3 is 34.3 Å². The fourth-order valence-corrected chi connectivity index (χ4v) is 6.83. The molecule has 306 valence electrons. The maximum absolute atomic E-state index is 12.6. The van der Waals surface area contributed by atoms with E-state index in [1.165, 1.54) is 70.6 Å². The van der Waals surface area contributed by atoms with E-state index in [1.54, 1.807) is 0 Å². The number of ether oxygens (including phenoxy) is 4. The minimum Gasteiger partial charge on any atom is -0.462 e. The standard InChI is InChI=1S/C39H72O12S/c1-3-5-7-9-11-12-13-14-15-16-17-18-19-20-22-23-25-27-34(40)48-29-32(50-35(41)28-26-24-21-10-8-6-4-2)30-49-39-38(44)37(43)36(42)33(51-39)31-52(45,46)47/h14-15,32-33,36-39,42-44H,3-13,16-31H2,1-2H3,(H,45,46,47)/b15-14+/t32-,33-,36-,37?,38?,39+/m1/s1. The van der Waals surface area contributed by atoms with Gasteiger partial charge in [-0.15, -0.1) is 0 Å². The van der Waals surface area contributed by atoms with E-state index >= 15 is 0 Å². The van der Waals surface area contributed by atoms with Crippen molar-refractivity contribution < 1.29 is 56.8 Å². The van der Waals surface area contributed by atoms with Crippen LogP contribution in [0.3, 0.4) is 0 Å². The first-order valence-corrected chi connectivity index (χ1v) is 21.9. The quantitative estimate of drug-likeness (QED) is 0.0230. The van der Waals surface area contributed by atoms with Crippen LogP contribution in [0.25, 0.3) is 0 Å². The number of hydrogen-bond donors (Lipinski definition) is 4. The van der Waals surface area contributed by atoms with Gasteiger partial charge in [-0.2, -0.15) is 8.42 Å². The van der Waals surface area contributed by atoms with Gasteiger partial charge in [0.25, 0.3) is 10.1 Å². The number of carbonyl (C=O) groups excluding carboxylic acids is 2. The molecule has 4 N–H and O–H groups in total. The van der Waals surface area contributed by atoms with Crippen LogP contribution in [0, 0.1) is 0 Å². The summed E-state index contributed by atoms with van der Waals surface area (Å²) in [5.41, 5.74) is 0. The smallest absolute Gasteiger partial charge is 0.306 e. The van der Waals surface area contributed by atoms with Gasteiger partial charge in [0.05, 0.1) is 6.61 Å². The lowest BCUT2D eigenvalue weighted by molar-refractivity contribution is -0.297. The summed E-state index contributed by atoms with van der Waals surface area (Å²) in [5, 5.41) is 30.7. The van der Waals surface area contributed by atoms with E-state index in [4.69, 9.17) is 18.9 Å². The zero-order chi connectivity index (χ0) is 38.5. The lowest BCUT2D eigenvalue weighted by Crippen LogP contribution is -2.60. The number of unbranched alkanes of at least 4 members (excludes halogenated alkanes) is 19. The molecule has 0 spiro atoms.